The van der Waals surface area contributed by atoms with Crippen molar-refractivity contribution in [1.29, 1.82) is 0 Å². The van der Waals surface area contributed by atoms with E-state index in [9.17, 15) is 18.3 Å². The summed E-state index contributed by atoms with van der Waals surface area (Å²) in [6.45, 7) is 0. The molecule has 4 aromatic carbocycles. The maximum atomic E-state index is 13.9. The van der Waals surface area contributed by atoms with Crippen LogP contribution in [-0.2, 0) is 14.8 Å². The number of benzene rings is 4. The summed E-state index contributed by atoms with van der Waals surface area (Å²) in [5.74, 6) is -1.41. The van der Waals surface area contributed by atoms with Gasteiger partial charge in [0.1, 0.15) is 5.75 Å². The number of rotatable bonds is 7. The highest BCUT2D eigenvalue weighted by Crippen LogP contribution is 2.44. The number of aromatic hydroxyl groups is 1. The molecule has 4 aromatic rings. The van der Waals surface area contributed by atoms with E-state index in [1.807, 2.05) is 0 Å². The molecule has 0 atom stereocenters. The quantitative estimate of drug-likeness (QED) is 0.277. The SMILES string of the molecule is O=C(O)CSc1cc(N(c2ccccc2)S(=O)(=O)c2ccc(Br)cc2)c2ccccc2c1O. The van der Waals surface area contributed by atoms with Crippen molar-refractivity contribution < 1.29 is 23.4 Å². The number of fused-ring (bicyclic) bond motifs is 1. The molecular formula is C24H18BrNO5S2. The van der Waals surface area contributed by atoms with Crippen LogP contribution in [0.2, 0.25) is 0 Å². The molecule has 4 rings (SSSR count). The number of carboxylic acid groups (broad SMARTS) is 1. The van der Waals surface area contributed by atoms with Gasteiger partial charge in [-0.2, -0.15) is 0 Å². The highest BCUT2D eigenvalue weighted by atomic mass is 79.9. The van der Waals surface area contributed by atoms with Crippen molar-refractivity contribution in [3.63, 3.8) is 0 Å². The van der Waals surface area contributed by atoms with Crippen LogP contribution in [0, 0.1) is 0 Å². The lowest BCUT2D eigenvalue weighted by atomic mass is 10.1. The molecule has 2 N–H and O–H groups in total. The molecule has 33 heavy (non-hydrogen) atoms. The first-order chi connectivity index (χ1) is 15.8. The van der Waals surface area contributed by atoms with E-state index in [-0.39, 0.29) is 21.3 Å². The van der Waals surface area contributed by atoms with E-state index in [1.54, 1.807) is 66.7 Å². The van der Waals surface area contributed by atoms with E-state index in [0.717, 1.165) is 16.2 Å². The Kier molecular flexibility index (Phi) is 6.64. The first-order valence-electron chi connectivity index (χ1n) is 9.74. The molecule has 0 bridgehead atoms. The van der Waals surface area contributed by atoms with Crippen LogP contribution in [0.3, 0.4) is 0 Å². The number of phenolic OH excluding ortho intramolecular Hbond substituents is 1. The fourth-order valence-corrected chi connectivity index (χ4v) is 5.90. The number of hydrogen-bond donors (Lipinski definition) is 2. The standard InChI is InChI=1S/C24H18BrNO5S2/c25-16-10-12-18(13-11-16)33(30,31)26(17-6-2-1-3-7-17)21-14-22(32-15-23(27)28)24(29)20-9-5-4-8-19(20)21/h1-14,29H,15H2,(H,27,28). The van der Waals surface area contributed by atoms with Gasteiger partial charge in [0.15, 0.2) is 0 Å². The number of anilines is 2. The van der Waals surface area contributed by atoms with Crippen molar-refractivity contribution in [1.82, 2.24) is 0 Å². The molecule has 0 aliphatic heterocycles. The van der Waals surface area contributed by atoms with E-state index < -0.39 is 16.0 Å². The van der Waals surface area contributed by atoms with Crippen LogP contribution in [-0.4, -0.2) is 30.4 Å². The van der Waals surface area contributed by atoms with Crippen LogP contribution in [0.25, 0.3) is 10.8 Å². The second-order valence-electron chi connectivity index (χ2n) is 7.03. The molecule has 0 heterocycles. The maximum absolute atomic E-state index is 13.9. The molecule has 0 amide bonds. The third kappa shape index (κ3) is 4.71. The lowest BCUT2D eigenvalue weighted by Crippen LogP contribution is -2.26. The van der Waals surface area contributed by atoms with Gasteiger partial charge in [-0.3, -0.25) is 4.79 Å². The zero-order valence-corrected chi connectivity index (χ0v) is 20.3. The van der Waals surface area contributed by atoms with Crippen LogP contribution < -0.4 is 4.31 Å². The summed E-state index contributed by atoms with van der Waals surface area (Å²) >= 11 is 4.26. The third-order valence-electron chi connectivity index (χ3n) is 4.87. The highest BCUT2D eigenvalue weighted by Gasteiger charge is 2.29. The van der Waals surface area contributed by atoms with Gasteiger partial charge in [0.05, 0.1) is 26.9 Å². The van der Waals surface area contributed by atoms with Gasteiger partial charge in [-0.25, -0.2) is 12.7 Å². The molecule has 0 aliphatic rings. The second-order valence-corrected chi connectivity index (χ2v) is 10.7. The fraction of sp³-hybridized carbons (Fsp3) is 0.0417. The van der Waals surface area contributed by atoms with Crippen LogP contribution in [0.15, 0.2) is 99.2 Å². The molecular weight excluding hydrogens is 526 g/mol. The molecule has 0 aromatic heterocycles. The summed E-state index contributed by atoms with van der Waals surface area (Å²) in [6.07, 6.45) is 0. The fourth-order valence-electron chi connectivity index (χ4n) is 3.42. The number of para-hydroxylation sites is 1. The smallest absolute Gasteiger partial charge is 0.313 e. The molecule has 6 nitrogen and oxygen atoms in total. The van der Waals surface area contributed by atoms with E-state index in [1.165, 1.54) is 22.5 Å². The Morgan fingerprint density at radius 2 is 1.52 bits per heavy atom. The van der Waals surface area contributed by atoms with Crippen LogP contribution in [0.1, 0.15) is 0 Å². The van der Waals surface area contributed by atoms with E-state index >= 15 is 0 Å². The molecule has 0 spiro atoms. The number of hydrogen-bond acceptors (Lipinski definition) is 5. The Morgan fingerprint density at radius 1 is 0.909 bits per heavy atom. The molecule has 0 unspecified atom stereocenters. The van der Waals surface area contributed by atoms with Gasteiger partial charge in [0, 0.05) is 15.2 Å². The Bertz CT molecular complexity index is 1420. The third-order valence-corrected chi connectivity index (χ3v) is 8.17. The van der Waals surface area contributed by atoms with Gasteiger partial charge in [0.25, 0.3) is 10.0 Å². The van der Waals surface area contributed by atoms with Crippen molar-refractivity contribution in [3.8, 4) is 5.75 Å². The zero-order valence-electron chi connectivity index (χ0n) is 17.1. The van der Waals surface area contributed by atoms with Gasteiger partial charge in [-0.15, -0.1) is 11.8 Å². The molecule has 9 heteroatoms. The van der Waals surface area contributed by atoms with Gasteiger partial charge in [-0.1, -0.05) is 58.4 Å². The Morgan fingerprint density at radius 3 is 2.15 bits per heavy atom. The highest BCUT2D eigenvalue weighted by molar-refractivity contribution is 9.10. The Hall–Kier alpha value is -3.01. The number of carbonyl (C=O) groups is 1. The van der Waals surface area contributed by atoms with Gasteiger partial charge in [0.2, 0.25) is 0 Å². The first kappa shape index (κ1) is 23.2. The number of sulfonamides is 1. The van der Waals surface area contributed by atoms with Crippen LogP contribution in [0.4, 0.5) is 11.4 Å². The predicted octanol–water partition coefficient (Wildman–Crippen LogP) is 6.01. The van der Waals surface area contributed by atoms with Crippen molar-refractivity contribution in [2.75, 3.05) is 10.1 Å². The minimum absolute atomic E-state index is 0.0883. The number of nitrogens with zero attached hydrogens (tertiary/aromatic N) is 1. The zero-order chi connectivity index (χ0) is 23.6. The van der Waals surface area contributed by atoms with Gasteiger partial charge >= 0.3 is 5.97 Å². The number of carboxylic acids is 1. The Labute approximate surface area is 203 Å². The number of phenols is 1. The Balaban J connectivity index is 2.02. The lowest BCUT2D eigenvalue weighted by molar-refractivity contribution is -0.133. The summed E-state index contributed by atoms with van der Waals surface area (Å²) in [6, 6.07) is 23.4. The molecule has 0 fully saturated rings. The largest absolute Gasteiger partial charge is 0.506 e. The number of thioether (sulfide) groups is 1. The van der Waals surface area contributed by atoms with E-state index in [0.29, 0.717) is 22.1 Å². The number of halogens is 1. The van der Waals surface area contributed by atoms with Crippen molar-refractivity contribution in [2.24, 2.45) is 0 Å². The molecule has 0 radical (unpaired) electrons. The van der Waals surface area contributed by atoms with Gasteiger partial charge in [-0.05, 0) is 42.5 Å². The summed E-state index contributed by atoms with van der Waals surface area (Å²) in [7, 11) is -4.07. The normalized spacial score (nSPS) is 11.4. The van der Waals surface area contributed by atoms with E-state index in [4.69, 9.17) is 5.11 Å². The van der Waals surface area contributed by atoms with Gasteiger partial charge < -0.3 is 10.2 Å². The van der Waals surface area contributed by atoms with E-state index in [2.05, 4.69) is 15.9 Å². The molecule has 168 valence electrons. The number of aliphatic carboxylic acids is 1. The summed E-state index contributed by atoms with van der Waals surface area (Å²) in [5.41, 5.74) is 0.718. The summed E-state index contributed by atoms with van der Waals surface area (Å²) < 4.78 is 29.8. The van der Waals surface area contributed by atoms with Crippen LogP contribution >= 0.6 is 27.7 Å². The monoisotopic (exact) mass is 543 g/mol. The first-order valence-corrected chi connectivity index (χ1v) is 13.0. The summed E-state index contributed by atoms with van der Waals surface area (Å²) in [5, 5.41) is 20.9. The molecule has 0 aliphatic carbocycles. The van der Waals surface area contributed by atoms with Crippen molar-refractivity contribution in [3.05, 3.63) is 89.4 Å². The topological polar surface area (TPSA) is 94.9 Å². The molecule has 0 saturated carbocycles. The van der Waals surface area contributed by atoms with Crippen molar-refractivity contribution in [2.45, 2.75) is 9.79 Å². The average molecular weight is 544 g/mol. The van der Waals surface area contributed by atoms with Crippen LogP contribution in [0.5, 0.6) is 5.75 Å². The summed E-state index contributed by atoms with van der Waals surface area (Å²) in [4.78, 5) is 11.5. The minimum atomic E-state index is -4.07. The average Bonchev–Trinajstić information content (AvgIpc) is 2.81. The maximum Gasteiger partial charge on any atom is 0.313 e. The second kappa shape index (κ2) is 9.46. The minimum Gasteiger partial charge on any atom is -0.506 e. The molecule has 0 saturated heterocycles. The predicted molar refractivity (Wildman–Crippen MR) is 134 cm³/mol. The van der Waals surface area contributed by atoms with Crippen molar-refractivity contribution >= 4 is 65.8 Å². The lowest BCUT2D eigenvalue weighted by Gasteiger charge is -2.27.